The minimum Gasteiger partial charge on any atom is -0.396 e. The van der Waals surface area contributed by atoms with Crippen LogP contribution in [0.1, 0.15) is 54.3 Å². The number of hydrogen-bond acceptors (Lipinski definition) is 3. The minimum atomic E-state index is -0.0819. The van der Waals surface area contributed by atoms with Gasteiger partial charge in [0.1, 0.15) is 5.82 Å². The van der Waals surface area contributed by atoms with Crippen LogP contribution in [0.4, 0.5) is 0 Å². The number of fused-ring (bicyclic) bond motifs is 3. The van der Waals surface area contributed by atoms with Crippen LogP contribution in [0.5, 0.6) is 0 Å². The van der Waals surface area contributed by atoms with Gasteiger partial charge in [0.25, 0.3) is 5.91 Å². The van der Waals surface area contributed by atoms with Crippen molar-refractivity contribution in [1.29, 1.82) is 0 Å². The van der Waals surface area contributed by atoms with Gasteiger partial charge in [-0.3, -0.25) is 4.79 Å². The van der Waals surface area contributed by atoms with Crippen molar-refractivity contribution in [2.24, 2.45) is 17.8 Å². The average Bonchev–Trinajstić information content (AvgIpc) is 3.08. The molecule has 2 N–H and O–H groups in total. The highest BCUT2D eigenvalue weighted by Gasteiger charge is 2.48. The van der Waals surface area contributed by atoms with Crippen molar-refractivity contribution in [2.45, 2.75) is 44.1 Å². The van der Waals surface area contributed by atoms with Gasteiger partial charge in [-0.25, -0.2) is 4.98 Å². The van der Waals surface area contributed by atoms with E-state index in [-0.39, 0.29) is 24.5 Å². The first-order valence-electron chi connectivity index (χ1n) is 9.15. The van der Waals surface area contributed by atoms with E-state index in [1.807, 2.05) is 24.4 Å². The molecule has 5 heteroatoms. The summed E-state index contributed by atoms with van der Waals surface area (Å²) in [6.07, 6.45) is 7.83. The summed E-state index contributed by atoms with van der Waals surface area (Å²) in [5, 5.41) is 12.9. The van der Waals surface area contributed by atoms with Crippen molar-refractivity contribution >= 4 is 11.4 Å². The summed E-state index contributed by atoms with van der Waals surface area (Å²) in [5.41, 5.74) is 1.43. The Morgan fingerprint density at radius 2 is 2.08 bits per heavy atom. The highest BCUT2D eigenvalue weighted by molar-refractivity contribution is 5.99. The SMILES string of the molecule is O=C(NC1C2CCC(C2)C1CO)c1nc(C2CC2)n2ccccc12. The quantitative estimate of drug-likeness (QED) is 0.907. The summed E-state index contributed by atoms with van der Waals surface area (Å²) in [4.78, 5) is 17.6. The Morgan fingerprint density at radius 3 is 2.88 bits per heavy atom. The van der Waals surface area contributed by atoms with Gasteiger partial charge >= 0.3 is 0 Å². The van der Waals surface area contributed by atoms with E-state index < -0.39 is 0 Å². The van der Waals surface area contributed by atoms with Gasteiger partial charge in [-0.05, 0) is 56.1 Å². The summed E-state index contributed by atoms with van der Waals surface area (Å²) in [6.45, 7) is 0.170. The number of rotatable bonds is 4. The zero-order valence-electron chi connectivity index (χ0n) is 13.7. The zero-order valence-corrected chi connectivity index (χ0v) is 13.7. The molecule has 5 nitrogen and oxygen atoms in total. The van der Waals surface area contributed by atoms with Gasteiger partial charge in [0.15, 0.2) is 5.69 Å². The largest absolute Gasteiger partial charge is 0.396 e. The van der Waals surface area contributed by atoms with Crippen LogP contribution in [0.2, 0.25) is 0 Å². The molecule has 126 valence electrons. The number of carbonyl (C=O) groups is 1. The van der Waals surface area contributed by atoms with Gasteiger partial charge < -0.3 is 14.8 Å². The lowest BCUT2D eigenvalue weighted by molar-refractivity contribution is 0.0858. The van der Waals surface area contributed by atoms with Crippen LogP contribution in [0.15, 0.2) is 24.4 Å². The fraction of sp³-hybridized carbons (Fsp3) is 0.579. The molecule has 0 aromatic carbocycles. The lowest BCUT2D eigenvalue weighted by Crippen LogP contribution is -2.45. The standard InChI is InChI=1S/C19H23N3O2/c23-10-14-12-6-7-13(9-12)16(14)21-19(24)17-15-3-1-2-8-22(15)18(20-17)11-4-5-11/h1-3,8,11-14,16,23H,4-7,9-10H2,(H,21,24). The molecule has 0 aliphatic heterocycles. The third-order valence-electron chi connectivity index (χ3n) is 6.33. The first-order valence-corrected chi connectivity index (χ1v) is 9.15. The number of aliphatic hydroxyl groups is 1. The Hall–Kier alpha value is -1.88. The molecule has 3 aliphatic rings. The molecular formula is C19H23N3O2. The van der Waals surface area contributed by atoms with Crippen LogP contribution in [-0.2, 0) is 0 Å². The number of carbonyl (C=O) groups excluding carboxylic acids is 1. The van der Waals surface area contributed by atoms with Gasteiger partial charge in [-0.15, -0.1) is 0 Å². The van der Waals surface area contributed by atoms with Crippen molar-refractivity contribution in [3.05, 3.63) is 35.9 Å². The highest BCUT2D eigenvalue weighted by Crippen LogP contribution is 2.48. The molecular weight excluding hydrogens is 302 g/mol. The second-order valence-electron chi connectivity index (χ2n) is 7.73. The smallest absolute Gasteiger partial charge is 0.272 e. The van der Waals surface area contributed by atoms with E-state index in [9.17, 15) is 9.90 Å². The number of aliphatic hydroxyl groups excluding tert-OH is 1. The molecule has 4 atom stereocenters. The molecule has 0 radical (unpaired) electrons. The van der Waals surface area contributed by atoms with Crippen molar-refractivity contribution in [3.8, 4) is 0 Å². The molecule has 2 aromatic rings. The molecule has 3 aliphatic carbocycles. The fourth-order valence-corrected chi connectivity index (χ4v) is 4.98. The van der Waals surface area contributed by atoms with Crippen LogP contribution in [-0.4, -0.2) is 33.0 Å². The molecule has 1 amide bonds. The average molecular weight is 325 g/mol. The van der Waals surface area contributed by atoms with Gasteiger partial charge in [-0.2, -0.15) is 0 Å². The van der Waals surface area contributed by atoms with Crippen molar-refractivity contribution in [2.75, 3.05) is 6.61 Å². The Morgan fingerprint density at radius 1 is 1.25 bits per heavy atom. The van der Waals surface area contributed by atoms with E-state index in [0.717, 1.165) is 30.6 Å². The number of amides is 1. The Balaban J connectivity index is 1.46. The molecule has 2 bridgehead atoms. The van der Waals surface area contributed by atoms with E-state index in [2.05, 4.69) is 9.72 Å². The van der Waals surface area contributed by atoms with E-state index >= 15 is 0 Å². The van der Waals surface area contributed by atoms with Crippen molar-refractivity contribution < 1.29 is 9.90 Å². The molecule has 2 heterocycles. The van der Waals surface area contributed by atoms with Crippen LogP contribution in [0.25, 0.3) is 5.52 Å². The normalized spacial score (nSPS) is 31.7. The van der Waals surface area contributed by atoms with Gasteiger partial charge in [0.2, 0.25) is 0 Å². The van der Waals surface area contributed by atoms with Crippen LogP contribution < -0.4 is 5.32 Å². The highest BCUT2D eigenvalue weighted by atomic mass is 16.3. The summed E-state index contributed by atoms with van der Waals surface area (Å²) < 4.78 is 2.07. The van der Waals surface area contributed by atoms with Crippen LogP contribution in [0, 0.1) is 17.8 Å². The lowest BCUT2D eigenvalue weighted by Gasteiger charge is -2.30. The maximum atomic E-state index is 12.9. The molecule has 24 heavy (non-hydrogen) atoms. The van der Waals surface area contributed by atoms with Crippen molar-refractivity contribution in [1.82, 2.24) is 14.7 Å². The number of hydrogen-bond donors (Lipinski definition) is 2. The number of aromatic nitrogens is 2. The number of pyridine rings is 1. The molecule has 3 fully saturated rings. The maximum absolute atomic E-state index is 12.9. The van der Waals surface area contributed by atoms with Gasteiger partial charge in [0.05, 0.1) is 5.52 Å². The Labute approximate surface area is 141 Å². The Bertz CT molecular complexity index is 795. The predicted molar refractivity (Wildman–Crippen MR) is 89.8 cm³/mol. The third kappa shape index (κ3) is 2.10. The number of imidazole rings is 1. The maximum Gasteiger partial charge on any atom is 0.272 e. The Kier molecular flexibility index (Phi) is 3.20. The zero-order chi connectivity index (χ0) is 16.3. The van der Waals surface area contributed by atoms with E-state index in [1.54, 1.807) is 0 Å². The summed E-state index contributed by atoms with van der Waals surface area (Å²) >= 11 is 0. The molecule has 4 unspecified atom stereocenters. The molecule has 5 rings (SSSR count). The first-order chi connectivity index (χ1) is 11.8. The van der Waals surface area contributed by atoms with E-state index in [0.29, 0.717) is 23.4 Å². The summed E-state index contributed by atoms with van der Waals surface area (Å²) in [6, 6.07) is 6.02. The first kappa shape index (κ1) is 14.5. The fourth-order valence-electron chi connectivity index (χ4n) is 4.98. The topological polar surface area (TPSA) is 66.6 Å². The van der Waals surface area contributed by atoms with Crippen LogP contribution >= 0.6 is 0 Å². The molecule has 2 aromatic heterocycles. The number of nitrogens with one attached hydrogen (secondary N) is 1. The van der Waals surface area contributed by atoms with Gasteiger partial charge in [0, 0.05) is 30.7 Å². The van der Waals surface area contributed by atoms with Gasteiger partial charge in [-0.1, -0.05) is 6.07 Å². The van der Waals surface area contributed by atoms with Crippen LogP contribution in [0.3, 0.4) is 0 Å². The second-order valence-corrected chi connectivity index (χ2v) is 7.73. The lowest BCUT2D eigenvalue weighted by atomic mass is 9.85. The molecule has 0 spiro atoms. The number of nitrogens with zero attached hydrogens (tertiary/aromatic N) is 2. The predicted octanol–water partition coefficient (Wildman–Crippen LogP) is 2.35. The van der Waals surface area contributed by atoms with E-state index in [1.165, 1.54) is 12.8 Å². The summed E-state index contributed by atoms with van der Waals surface area (Å²) in [5.74, 6) is 2.74. The minimum absolute atomic E-state index is 0.0819. The van der Waals surface area contributed by atoms with Crippen molar-refractivity contribution in [3.63, 3.8) is 0 Å². The second kappa shape index (κ2) is 5.31. The molecule has 3 saturated carbocycles. The monoisotopic (exact) mass is 325 g/mol. The van der Waals surface area contributed by atoms with E-state index in [4.69, 9.17) is 4.98 Å². The molecule has 0 saturated heterocycles. The third-order valence-corrected chi connectivity index (χ3v) is 6.33. The summed E-state index contributed by atoms with van der Waals surface area (Å²) in [7, 11) is 0.